The smallest absolute Gasteiger partial charge is 0.0158 e. The van der Waals surface area contributed by atoms with Gasteiger partial charge in [-0.3, -0.25) is 0 Å². The molecule has 0 aromatic heterocycles. The van der Waals surface area contributed by atoms with Crippen molar-refractivity contribution in [3.8, 4) is 33.4 Å². The molecule has 0 amide bonds. The summed E-state index contributed by atoms with van der Waals surface area (Å²) in [6.45, 7) is 11.6. The molecular weight excluding hydrogens is 589 g/mol. The first-order valence-corrected chi connectivity index (χ1v) is 17.6. The predicted octanol–water partition coefficient (Wildman–Crippen LogP) is 13.8. The molecule has 0 saturated carbocycles. The number of rotatable bonds is 2. The van der Waals surface area contributed by atoms with E-state index < -0.39 is 0 Å². The van der Waals surface area contributed by atoms with E-state index in [-0.39, 0.29) is 10.8 Å². The standard InChI is InChI=1S/C49H38/c1-48(2,3)35-26-34-18-20-40-36(21-22-41-37-10-6-7-11-38(37)43(28-35)46(34)47(40)41)33-17-16-29-24-30(14-15-31(29)25-33)32-19-23-45-42(27-32)39-12-8-9-13-44(39)49(45,4)5/h6-28H,1-5H3. The van der Waals surface area contributed by atoms with Gasteiger partial charge in [0, 0.05) is 5.41 Å². The normalized spacial score (nSPS) is 14.0. The minimum Gasteiger partial charge on any atom is -0.0619 e. The predicted molar refractivity (Wildman–Crippen MR) is 212 cm³/mol. The van der Waals surface area contributed by atoms with Gasteiger partial charge in [0.05, 0.1) is 0 Å². The molecule has 9 aromatic carbocycles. The Labute approximate surface area is 288 Å². The molecule has 1 aliphatic rings. The zero-order valence-corrected chi connectivity index (χ0v) is 28.8. The molecule has 49 heavy (non-hydrogen) atoms. The second-order valence-corrected chi connectivity index (χ2v) is 15.8. The topological polar surface area (TPSA) is 0 Å². The second kappa shape index (κ2) is 9.80. The number of fused-ring (bicyclic) bond motifs is 7. The molecule has 0 N–H and O–H groups in total. The van der Waals surface area contributed by atoms with E-state index in [1.54, 1.807) is 0 Å². The molecule has 0 fully saturated rings. The first-order valence-electron chi connectivity index (χ1n) is 17.6. The van der Waals surface area contributed by atoms with Crippen molar-refractivity contribution in [2.75, 3.05) is 0 Å². The summed E-state index contributed by atoms with van der Waals surface area (Å²) in [6.07, 6.45) is 0. The van der Waals surface area contributed by atoms with Crippen LogP contribution in [0.4, 0.5) is 0 Å². The minimum atomic E-state index is 0.0256. The molecule has 0 radical (unpaired) electrons. The first-order chi connectivity index (χ1) is 23.7. The van der Waals surface area contributed by atoms with E-state index in [9.17, 15) is 0 Å². The van der Waals surface area contributed by atoms with E-state index in [0.29, 0.717) is 0 Å². The average Bonchev–Trinajstić information content (AvgIpc) is 3.35. The van der Waals surface area contributed by atoms with Crippen LogP contribution in [0.3, 0.4) is 0 Å². The van der Waals surface area contributed by atoms with Gasteiger partial charge in [0.1, 0.15) is 0 Å². The molecule has 0 unspecified atom stereocenters. The Morgan fingerprint density at radius 3 is 1.80 bits per heavy atom. The van der Waals surface area contributed by atoms with Crippen molar-refractivity contribution in [2.24, 2.45) is 0 Å². The van der Waals surface area contributed by atoms with Crippen molar-refractivity contribution in [1.29, 1.82) is 0 Å². The van der Waals surface area contributed by atoms with Gasteiger partial charge in [-0.2, -0.15) is 0 Å². The minimum absolute atomic E-state index is 0.0256. The third-order valence-electron chi connectivity index (χ3n) is 11.5. The largest absolute Gasteiger partial charge is 0.0619 e. The van der Waals surface area contributed by atoms with Gasteiger partial charge in [-0.25, -0.2) is 0 Å². The molecule has 0 aliphatic heterocycles. The molecule has 1 aliphatic carbocycles. The van der Waals surface area contributed by atoms with E-state index in [0.717, 1.165) is 0 Å². The van der Waals surface area contributed by atoms with Gasteiger partial charge in [-0.05, 0) is 134 Å². The molecule has 10 rings (SSSR count). The molecule has 0 saturated heterocycles. The molecular formula is C49H38. The maximum absolute atomic E-state index is 2.45. The first kappa shape index (κ1) is 28.5. The van der Waals surface area contributed by atoms with Crippen LogP contribution in [0.5, 0.6) is 0 Å². The van der Waals surface area contributed by atoms with Gasteiger partial charge < -0.3 is 0 Å². The fourth-order valence-corrected chi connectivity index (χ4v) is 8.88. The molecule has 234 valence electrons. The van der Waals surface area contributed by atoms with Crippen molar-refractivity contribution >= 4 is 53.9 Å². The van der Waals surface area contributed by atoms with Gasteiger partial charge >= 0.3 is 0 Å². The van der Waals surface area contributed by atoms with Crippen LogP contribution < -0.4 is 0 Å². The zero-order chi connectivity index (χ0) is 33.2. The lowest BCUT2D eigenvalue weighted by Gasteiger charge is -2.23. The molecule has 0 spiro atoms. The summed E-state index contributed by atoms with van der Waals surface area (Å²) >= 11 is 0. The van der Waals surface area contributed by atoms with Crippen molar-refractivity contribution in [3.05, 3.63) is 156 Å². The highest BCUT2D eigenvalue weighted by molar-refractivity contribution is 6.35. The van der Waals surface area contributed by atoms with E-state index in [2.05, 4.69) is 174 Å². The maximum Gasteiger partial charge on any atom is 0.0158 e. The molecule has 0 atom stereocenters. The van der Waals surface area contributed by atoms with Crippen molar-refractivity contribution in [2.45, 2.75) is 45.4 Å². The fraction of sp³-hybridized carbons (Fsp3) is 0.143. The Balaban J connectivity index is 1.12. The van der Waals surface area contributed by atoms with Crippen LogP contribution in [0.15, 0.2) is 140 Å². The Bertz CT molecular complexity index is 2820. The van der Waals surface area contributed by atoms with Gasteiger partial charge in [0.2, 0.25) is 0 Å². The quantitative estimate of drug-likeness (QED) is 0.132. The third-order valence-corrected chi connectivity index (χ3v) is 11.5. The van der Waals surface area contributed by atoms with Crippen LogP contribution in [0.25, 0.3) is 87.2 Å². The summed E-state index contributed by atoms with van der Waals surface area (Å²) in [6, 6.07) is 53.1. The lowest BCUT2D eigenvalue weighted by atomic mass is 9.81. The van der Waals surface area contributed by atoms with Crippen molar-refractivity contribution in [3.63, 3.8) is 0 Å². The van der Waals surface area contributed by atoms with E-state index in [4.69, 9.17) is 0 Å². The van der Waals surface area contributed by atoms with Crippen LogP contribution in [0.2, 0.25) is 0 Å². The van der Waals surface area contributed by atoms with Gasteiger partial charge in [-0.15, -0.1) is 0 Å². The average molecular weight is 627 g/mol. The summed E-state index contributed by atoms with van der Waals surface area (Å²) < 4.78 is 0. The van der Waals surface area contributed by atoms with Crippen LogP contribution in [-0.2, 0) is 10.8 Å². The summed E-state index contributed by atoms with van der Waals surface area (Å²) in [5.74, 6) is 0. The highest BCUT2D eigenvalue weighted by atomic mass is 14.4. The van der Waals surface area contributed by atoms with Gasteiger partial charge in [-0.1, -0.05) is 150 Å². The second-order valence-electron chi connectivity index (χ2n) is 15.8. The lowest BCUT2D eigenvalue weighted by Crippen LogP contribution is -2.14. The Kier molecular flexibility index (Phi) is 5.71. The summed E-state index contributed by atoms with van der Waals surface area (Å²) in [4.78, 5) is 0. The van der Waals surface area contributed by atoms with Crippen LogP contribution >= 0.6 is 0 Å². The highest BCUT2D eigenvalue weighted by Gasteiger charge is 2.35. The van der Waals surface area contributed by atoms with Gasteiger partial charge in [0.15, 0.2) is 0 Å². The number of benzene rings is 9. The van der Waals surface area contributed by atoms with Gasteiger partial charge in [0.25, 0.3) is 0 Å². The van der Waals surface area contributed by atoms with Crippen LogP contribution in [0, 0.1) is 0 Å². The highest BCUT2D eigenvalue weighted by Crippen LogP contribution is 2.50. The van der Waals surface area contributed by atoms with E-state index in [1.165, 1.54) is 104 Å². The molecule has 0 heterocycles. The molecule has 0 heteroatoms. The molecule has 0 bridgehead atoms. The van der Waals surface area contributed by atoms with Crippen LogP contribution in [0.1, 0.15) is 51.3 Å². The molecule has 9 aromatic rings. The summed E-state index contributed by atoms with van der Waals surface area (Å²) in [7, 11) is 0. The molecule has 0 nitrogen and oxygen atoms in total. The fourth-order valence-electron chi connectivity index (χ4n) is 8.88. The lowest BCUT2D eigenvalue weighted by molar-refractivity contribution is 0.592. The zero-order valence-electron chi connectivity index (χ0n) is 28.8. The van der Waals surface area contributed by atoms with E-state index >= 15 is 0 Å². The Hall–Kier alpha value is -5.46. The van der Waals surface area contributed by atoms with E-state index in [1.807, 2.05) is 0 Å². The Morgan fingerprint density at radius 2 is 1.00 bits per heavy atom. The summed E-state index contributed by atoms with van der Waals surface area (Å²) in [5.41, 5.74) is 12.1. The van der Waals surface area contributed by atoms with Crippen molar-refractivity contribution in [1.82, 2.24) is 0 Å². The number of hydrogen-bond donors (Lipinski definition) is 0. The summed E-state index contributed by atoms with van der Waals surface area (Å²) in [5, 5.41) is 13.3. The Morgan fingerprint density at radius 1 is 0.388 bits per heavy atom. The SMILES string of the molecule is CC(C)(C)c1cc2ccc3c(-c4ccc5cc(-c6ccc7c(c6)-c6ccccc6C7(C)C)ccc5c4)ccc4c5ccccc5c(c1)c2c34. The monoisotopic (exact) mass is 626 g/mol. The third kappa shape index (κ3) is 4.04. The van der Waals surface area contributed by atoms with Crippen LogP contribution in [-0.4, -0.2) is 0 Å². The van der Waals surface area contributed by atoms with Crippen molar-refractivity contribution < 1.29 is 0 Å². The number of hydrogen-bond acceptors (Lipinski definition) is 0. The maximum atomic E-state index is 2.45.